The van der Waals surface area contributed by atoms with Gasteiger partial charge in [-0.05, 0) is 19.3 Å². The summed E-state index contributed by atoms with van der Waals surface area (Å²) in [6, 6.07) is -0.345. The molecule has 2 amide bonds. The number of hydrogen-bond acceptors (Lipinski definition) is 3. The monoisotopic (exact) mass is 255 g/mol. The molecule has 1 saturated carbocycles. The van der Waals surface area contributed by atoms with Gasteiger partial charge in [0.15, 0.2) is 0 Å². The van der Waals surface area contributed by atoms with Crippen molar-refractivity contribution in [1.29, 1.82) is 0 Å². The Morgan fingerprint density at radius 3 is 2.44 bits per heavy atom. The first-order valence-corrected chi connectivity index (χ1v) is 6.90. The maximum atomic E-state index is 12.3. The molecule has 5 heteroatoms. The molecule has 0 spiro atoms. The van der Waals surface area contributed by atoms with Crippen LogP contribution in [0.3, 0.4) is 0 Å². The molecule has 104 valence electrons. The molecule has 1 rings (SSSR count). The smallest absolute Gasteiger partial charge is 0.240 e. The van der Waals surface area contributed by atoms with E-state index in [9.17, 15) is 9.59 Å². The Morgan fingerprint density at radius 1 is 1.33 bits per heavy atom. The van der Waals surface area contributed by atoms with Gasteiger partial charge in [0.25, 0.3) is 0 Å². The highest BCUT2D eigenvalue weighted by molar-refractivity contribution is 5.87. The molecule has 0 radical (unpaired) electrons. The van der Waals surface area contributed by atoms with E-state index in [1.807, 2.05) is 0 Å². The molecule has 0 bridgehead atoms. The minimum absolute atomic E-state index is 0.00330. The van der Waals surface area contributed by atoms with E-state index >= 15 is 0 Å². The minimum atomic E-state index is -0.495. The molecule has 0 aromatic rings. The standard InChI is InChI=1S/C13H25N3O2/c1-2-3-8-11(14)13(18)16(9-12(15)17)10-6-4-5-7-10/h10-11H,2-9,14H2,1H3,(H2,15,17)/t11-/m0/s1. The maximum Gasteiger partial charge on any atom is 0.240 e. The fraction of sp³-hybridized carbons (Fsp3) is 0.846. The SMILES string of the molecule is CCCC[C@H](N)C(=O)N(CC(N)=O)C1CCCC1. The van der Waals surface area contributed by atoms with Crippen LogP contribution in [0.5, 0.6) is 0 Å². The summed E-state index contributed by atoms with van der Waals surface area (Å²) in [6.45, 7) is 2.07. The van der Waals surface area contributed by atoms with Crippen molar-refractivity contribution in [3.63, 3.8) is 0 Å². The number of amides is 2. The van der Waals surface area contributed by atoms with Crippen LogP contribution >= 0.6 is 0 Å². The van der Waals surface area contributed by atoms with Crippen molar-refractivity contribution in [3.05, 3.63) is 0 Å². The zero-order chi connectivity index (χ0) is 13.5. The van der Waals surface area contributed by atoms with Gasteiger partial charge in [0, 0.05) is 6.04 Å². The van der Waals surface area contributed by atoms with E-state index in [2.05, 4.69) is 6.92 Å². The minimum Gasteiger partial charge on any atom is -0.368 e. The number of nitrogens with zero attached hydrogens (tertiary/aromatic N) is 1. The first-order valence-electron chi connectivity index (χ1n) is 6.90. The fourth-order valence-electron chi connectivity index (χ4n) is 2.53. The number of rotatable bonds is 7. The van der Waals surface area contributed by atoms with Crippen LogP contribution in [-0.2, 0) is 9.59 Å². The van der Waals surface area contributed by atoms with Gasteiger partial charge >= 0.3 is 0 Å². The van der Waals surface area contributed by atoms with Crippen LogP contribution in [0.25, 0.3) is 0 Å². The summed E-state index contributed by atoms with van der Waals surface area (Å²) < 4.78 is 0. The van der Waals surface area contributed by atoms with Crippen LogP contribution in [-0.4, -0.2) is 35.3 Å². The van der Waals surface area contributed by atoms with E-state index in [1.165, 1.54) is 0 Å². The van der Waals surface area contributed by atoms with Crippen LogP contribution in [0.4, 0.5) is 0 Å². The Labute approximate surface area is 109 Å². The second kappa shape index (κ2) is 7.36. The third-order valence-corrected chi connectivity index (χ3v) is 3.56. The van der Waals surface area contributed by atoms with Crippen LogP contribution in [0.15, 0.2) is 0 Å². The topological polar surface area (TPSA) is 89.4 Å². The number of hydrogen-bond donors (Lipinski definition) is 2. The molecule has 1 fully saturated rings. The molecule has 1 aliphatic carbocycles. The molecular weight excluding hydrogens is 230 g/mol. The lowest BCUT2D eigenvalue weighted by Gasteiger charge is -2.30. The van der Waals surface area contributed by atoms with Gasteiger partial charge in [-0.25, -0.2) is 0 Å². The molecule has 18 heavy (non-hydrogen) atoms. The summed E-state index contributed by atoms with van der Waals surface area (Å²) in [4.78, 5) is 25.0. The van der Waals surface area contributed by atoms with E-state index in [1.54, 1.807) is 4.90 Å². The lowest BCUT2D eigenvalue weighted by atomic mass is 10.1. The fourth-order valence-corrected chi connectivity index (χ4v) is 2.53. The largest absolute Gasteiger partial charge is 0.368 e. The average molecular weight is 255 g/mol. The molecule has 4 N–H and O–H groups in total. The van der Waals surface area contributed by atoms with E-state index in [4.69, 9.17) is 11.5 Å². The zero-order valence-electron chi connectivity index (χ0n) is 11.2. The molecule has 1 atom stereocenters. The van der Waals surface area contributed by atoms with Gasteiger partial charge in [-0.3, -0.25) is 9.59 Å². The average Bonchev–Trinajstić information content (AvgIpc) is 2.85. The van der Waals surface area contributed by atoms with Crippen molar-refractivity contribution in [2.24, 2.45) is 11.5 Å². The molecule has 0 saturated heterocycles. The molecule has 1 aliphatic rings. The van der Waals surface area contributed by atoms with E-state index < -0.39 is 11.9 Å². The molecule has 0 aromatic heterocycles. The molecule has 5 nitrogen and oxygen atoms in total. The molecule has 0 heterocycles. The predicted octanol–water partition coefficient (Wildman–Crippen LogP) is 0.760. The van der Waals surface area contributed by atoms with Crippen LogP contribution in [0.1, 0.15) is 51.9 Å². The normalized spacial score (nSPS) is 17.7. The number of nitrogens with two attached hydrogens (primary N) is 2. The van der Waals surface area contributed by atoms with Crippen molar-refractivity contribution in [3.8, 4) is 0 Å². The Kier molecular flexibility index (Phi) is 6.12. The van der Waals surface area contributed by atoms with Gasteiger partial charge in [0.2, 0.25) is 11.8 Å². The maximum absolute atomic E-state index is 12.3. The van der Waals surface area contributed by atoms with Gasteiger partial charge in [-0.15, -0.1) is 0 Å². The third-order valence-electron chi connectivity index (χ3n) is 3.56. The molecule has 0 aliphatic heterocycles. The molecular formula is C13H25N3O2. The summed E-state index contributed by atoms with van der Waals surface area (Å²) in [5.41, 5.74) is 11.1. The van der Waals surface area contributed by atoms with E-state index in [-0.39, 0.29) is 18.5 Å². The first-order chi connectivity index (χ1) is 8.56. The second-order valence-electron chi connectivity index (χ2n) is 5.12. The number of carbonyl (C=O) groups excluding carboxylic acids is 2. The van der Waals surface area contributed by atoms with Crippen molar-refractivity contribution in [2.45, 2.75) is 64.0 Å². The molecule has 0 unspecified atom stereocenters. The second-order valence-corrected chi connectivity index (χ2v) is 5.12. The summed E-state index contributed by atoms with van der Waals surface area (Å²) >= 11 is 0. The quantitative estimate of drug-likeness (QED) is 0.703. The van der Waals surface area contributed by atoms with Crippen molar-refractivity contribution in [1.82, 2.24) is 4.90 Å². The Morgan fingerprint density at radius 2 is 1.94 bits per heavy atom. The van der Waals surface area contributed by atoms with Crippen molar-refractivity contribution >= 4 is 11.8 Å². The van der Waals surface area contributed by atoms with Crippen LogP contribution in [0, 0.1) is 0 Å². The summed E-state index contributed by atoms with van der Waals surface area (Å²) in [5, 5.41) is 0. The van der Waals surface area contributed by atoms with Gasteiger partial charge in [0.1, 0.15) is 0 Å². The van der Waals surface area contributed by atoms with Crippen LogP contribution < -0.4 is 11.5 Å². The van der Waals surface area contributed by atoms with E-state index in [0.29, 0.717) is 6.42 Å². The third kappa shape index (κ3) is 4.29. The zero-order valence-corrected chi connectivity index (χ0v) is 11.2. The summed E-state index contributed by atoms with van der Waals surface area (Å²) in [5.74, 6) is -0.577. The highest BCUT2D eigenvalue weighted by Gasteiger charge is 2.30. The number of unbranched alkanes of at least 4 members (excludes halogenated alkanes) is 1. The first kappa shape index (κ1) is 15.0. The van der Waals surface area contributed by atoms with Gasteiger partial charge < -0.3 is 16.4 Å². The predicted molar refractivity (Wildman–Crippen MR) is 70.7 cm³/mol. The van der Waals surface area contributed by atoms with Crippen LogP contribution in [0.2, 0.25) is 0 Å². The number of primary amides is 1. The Balaban J connectivity index is 2.62. The highest BCUT2D eigenvalue weighted by Crippen LogP contribution is 2.24. The summed E-state index contributed by atoms with van der Waals surface area (Å²) in [7, 11) is 0. The van der Waals surface area contributed by atoms with E-state index in [0.717, 1.165) is 38.5 Å². The highest BCUT2D eigenvalue weighted by atomic mass is 16.2. The summed E-state index contributed by atoms with van der Waals surface area (Å²) in [6.07, 6.45) is 6.76. The lowest BCUT2D eigenvalue weighted by Crippen LogP contribution is -2.50. The Bertz CT molecular complexity index is 288. The van der Waals surface area contributed by atoms with Crippen molar-refractivity contribution in [2.75, 3.05) is 6.54 Å². The van der Waals surface area contributed by atoms with Crippen molar-refractivity contribution < 1.29 is 9.59 Å². The molecule has 0 aromatic carbocycles. The van der Waals surface area contributed by atoms with Gasteiger partial charge in [0.05, 0.1) is 12.6 Å². The van der Waals surface area contributed by atoms with Gasteiger partial charge in [-0.1, -0.05) is 32.6 Å². The van der Waals surface area contributed by atoms with Gasteiger partial charge in [-0.2, -0.15) is 0 Å². The lowest BCUT2D eigenvalue weighted by molar-refractivity contribution is -0.138. The number of carbonyl (C=O) groups is 2. The Hall–Kier alpha value is -1.10.